The predicted octanol–water partition coefficient (Wildman–Crippen LogP) is 1.19. The van der Waals surface area contributed by atoms with Crippen molar-refractivity contribution in [2.45, 2.75) is 6.92 Å². The third kappa shape index (κ3) is 1.78. The van der Waals surface area contributed by atoms with Gasteiger partial charge in [-0.25, -0.2) is 4.79 Å². The third-order valence-electron chi connectivity index (χ3n) is 1.44. The molecule has 0 aliphatic carbocycles. The standard InChI is InChI=1S/C8H9O2P/c1-5-2-3-7(11)6(4-5)8(9)10/h2-4H,11H2,1H3,(H,9,10). The Hall–Kier alpha value is -0.880. The summed E-state index contributed by atoms with van der Waals surface area (Å²) in [5.74, 6) is -0.876. The Morgan fingerprint density at radius 2 is 2.18 bits per heavy atom. The summed E-state index contributed by atoms with van der Waals surface area (Å²) in [5.41, 5.74) is 1.32. The van der Waals surface area contributed by atoms with Crippen molar-refractivity contribution >= 4 is 20.5 Å². The Labute approximate surface area is 67.4 Å². The van der Waals surface area contributed by atoms with Gasteiger partial charge in [-0.15, -0.1) is 9.24 Å². The molecule has 0 aromatic heterocycles. The summed E-state index contributed by atoms with van der Waals surface area (Å²) < 4.78 is 0. The van der Waals surface area contributed by atoms with Gasteiger partial charge in [-0.1, -0.05) is 17.7 Å². The van der Waals surface area contributed by atoms with Crippen molar-refractivity contribution in [1.82, 2.24) is 0 Å². The van der Waals surface area contributed by atoms with E-state index >= 15 is 0 Å². The molecule has 3 heteroatoms. The number of carboxylic acid groups (broad SMARTS) is 1. The molecule has 1 aromatic carbocycles. The molecule has 0 fully saturated rings. The summed E-state index contributed by atoms with van der Waals surface area (Å²) in [6.07, 6.45) is 0. The molecule has 0 saturated carbocycles. The number of hydrogen-bond acceptors (Lipinski definition) is 1. The first-order chi connectivity index (χ1) is 5.11. The van der Waals surface area contributed by atoms with Gasteiger partial charge in [0.15, 0.2) is 0 Å². The number of benzene rings is 1. The predicted molar refractivity (Wildman–Crippen MR) is 47.5 cm³/mol. The molecular formula is C8H9O2P. The lowest BCUT2D eigenvalue weighted by Gasteiger charge is -2.00. The molecule has 2 nitrogen and oxygen atoms in total. The topological polar surface area (TPSA) is 37.3 Å². The van der Waals surface area contributed by atoms with Crippen LogP contribution in [0.5, 0.6) is 0 Å². The lowest BCUT2D eigenvalue weighted by molar-refractivity contribution is 0.0698. The highest BCUT2D eigenvalue weighted by atomic mass is 31.0. The quantitative estimate of drug-likeness (QED) is 0.639. The Morgan fingerprint density at radius 3 is 2.64 bits per heavy atom. The Kier molecular flexibility index (Phi) is 2.25. The summed E-state index contributed by atoms with van der Waals surface area (Å²) in [7, 11) is 2.40. The Morgan fingerprint density at radius 1 is 1.55 bits per heavy atom. The summed E-state index contributed by atoms with van der Waals surface area (Å²) in [6, 6.07) is 5.32. The van der Waals surface area contributed by atoms with E-state index < -0.39 is 5.97 Å². The van der Waals surface area contributed by atoms with Gasteiger partial charge >= 0.3 is 5.97 Å². The second-order valence-corrected chi connectivity index (χ2v) is 3.02. The van der Waals surface area contributed by atoms with E-state index in [9.17, 15) is 4.79 Å². The zero-order valence-corrected chi connectivity index (χ0v) is 7.32. The molecule has 0 heterocycles. The molecular weight excluding hydrogens is 159 g/mol. The maximum atomic E-state index is 10.6. The molecule has 0 aliphatic heterocycles. The molecule has 1 rings (SSSR count). The number of aryl methyl sites for hydroxylation is 1. The van der Waals surface area contributed by atoms with Crippen LogP contribution in [0.3, 0.4) is 0 Å². The smallest absolute Gasteiger partial charge is 0.336 e. The highest BCUT2D eigenvalue weighted by molar-refractivity contribution is 7.27. The zero-order valence-electron chi connectivity index (χ0n) is 6.16. The number of aromatic carboxylic acids is 1. The van der Waals surface area contributed by atoms with Crippen LogP contribution < -0.4 is 5.30 Å². The second-order valence-electron chi connectivity index (χ2n) is 2.40. The number of carboxylic acids is 1. The van der Waals surface area contributed by atoms with Gasteiger partial charge in [0.1, 0.15) is 0 Å². The number of rotatable bonds is 1. The summed E-state index contributed by atoms with van der Waals surface area (Å²) in [4.78, 5) is 10.6. The van der Waals surface area contributed by atoms with Crippen molar-refractivity contribution in [2.24, 2.45) is 0 Å². The maximum Gasteiger partial charge on any atom is 0.336 e. The fraction of sp³-hybridized carbons (Fsp3) is 0.125. The molecule has 1 N–H and O–H groups in total. The lowest BCUT2D eigenvalue weighted by atomic mass is 10.1. The first kappa shape index (κ1) is 8.22. The van der Waals surface area contributed by atoms with Crippen molar-refractivity contribution in [3.8, 4) is 0 Å². The molecule has 0 radical (unpaired) electrons. The molecule has 0 spiro atoms. The van der Waals surface area contributed by atoms with E-state index in [0.29, 0.717) is 5.56 Å². The maximum absolute atomic E-state index is 10.6. The van der Waals surface area contributed by atoms with Gasteiger partial charge in [0.25, 0.3) is 0 Å². The van der Waals surface area contributed by atoms with E-state index in [0.717, 1.165) is 10.9 Å². The van der Waals surface area contributed by atoms with E-state index in [1.165, 1.54) is 0 Å². The minimum atomic E-state index is -0.876. The van der Waals surface area contributed by atoms with Gasteiger partial charge in [-0.2, -0.15) is 0 Å². The normalized spacial score (nSPS) is 9.64. The average molecular weight is 168 g/mol. The van der Waals surface area contributed by atoms with E-state index in [1.54, 1.807) is 12.1 Å². The minimum absolute atomic E-state index is 0.356. The third-order valence-corrected chi connectivity index (χ3v) is 1.94. The summed E-state index contributed by atoms with van der Waals surface area (Å²) in [6.45, 7) is 1.87. The lowest BCUT2D eigenvalue weighted by Crippen LogP contribution is -2.08. The van der Waals surface area contributed by atoms with Gasteiger partial charge in [-0.05, 0) is 18.3 Å². The van der Waals surface area contributed by atoms with Crippen LogP contribution in [0.4, 0.5) is 0 Å². The molecule has 0 amide bonds. The van der Waals surface area contributed by atoms with Crippen LogP contribution in [-0.4, -0.2) is 11.1 Å². The Balaban J connectivity index is 3.23. The molecule has 1 unspecified atom stereocenters. The van der Waals surface area contributed by atoms with E-state index in [2.05, 4.69) is 9.24 Å². The first-order valence-electron chi connectivity index (χ1n) is 3.20. The largest absolute Gasteiger partial charge is 0.478 e. The van der Waals surface area contributed by atoms with Gasteiger partial charge < -0.3 is 5.11 Å². The van der Waals surface area contributed by atoms with Crippen molar-refractivity contribution in [1.29, 1.82) is 0 Å². The summed E-state index contributed by atoms with van der Waals surface area (Å²) >= 11 is 0. The van der Waals surface area contributed by atoms with Crippen LogP contribution in [0.2, 0.25) is 0 Å². The molecule has 1 atom stereocenters. The van der Waals surface area contributed by atoms with Crippen LogP contribution in [0.15, 0.2) is 18.2 Å². The molecule has 1 aromatic rings. The SMILES string of the molecule is Cc1ccc(P)c(C(=O)O)c1. The second kappa shape index (κ2) is 3.02. The fourth-order valence-electron chi connectivity index (χ4n) is 0.855. The first-order valence-corrected chi connectivity index (χ1v) is 3.78. The van der Waals surface area contributed by atoms with Crippen molar-refractivity contribution in [2.75, 3.05) is 0 Å². The fourth-order valence-corrected chi connectivity index (χ4v) is 1.16. The Bertz CT molecular complexity index is 294. The molecule has 0 aliphatic rings. The van der Waals surface area contributed by atoms with E-state index in [4.69, 9.17) is 5.11 Å². The average Bonchev–Trinajstić information content (AvgIpc) is 1.94. The van der Waals surface area contributed by atoms with Gasteiger partial charge in [-0.3, -0.25) is 0 Å². The highest BCUT2D eigenvalue weighted by Crippen LogP contribution is 2.04. The zero-order chi connectivity index (χ0) is 8.43. The molecule has 58 valence electrons. The van der Waals surface area contributed by atoms with Crippen LogP contribution in [0, 0.1) is 6.92 Å². The van der Waals surface area contributed by atoms with Crippen molar-refractivity contribution in [3.05, 3.63) is 29.3 Å². The van der Waals surface area contributed by atoms with E-state index in [-0.39, 0.29) is 0 Å². The van der Waals surface area contributed by atoms with Gasteiger partial charge in [0.2, 0.25) is 0 Å². The van der Waals surface area contributed by atoms with Crippen molar-refractivity contribution < 1.29 is 9.90 Å². The highest BCUT2D eigenvalue weighted by Gasteiger charge is 2.05. The molecule has 11 heavy (non-hydrogen) atoms. The number of hydrogen-bond donors (Lipinski definition) is 1. The molecule has 0 saturated heterocycles. The van der Waals surface area contributed by atoms with Crippen LogP contribution in [-0.2, 0) is 0 Å². The minimum Gasteiger partial charge on any atom is -0.478 e. The van der Waals surface area contributed by atoms with E-state index in [1.807, 2.05) is 13.0 Å². The summed E-state index contributed by atoms with van der Waals surface area (Å²) in [5, 5.41) is 9.40. The van der Waals surface area contributed by atoms with Crippen LogP contribution in [0.25, 0.3) is 0 Å². The van der Waals surface area contributed by atoms with Gasteiger partial charge in [0.05, 0.1) is 5.56 Å². The monoisotopic (exact) mass is 168 g/mol. The molecule has 0 bridgehead atoms. The van der Waals surface area contributed by atoms with Crippen LogP contribution >= 0.6 is 9.24 Å². The number of carbonyl (C=O) groups is 1. The van der Waals surface area contributed by atoms with Gasteiger partial charge in [0, 0.05) is 0 Å². The van der Waals surface area contributed by atoms with Crippen LogP contribution in [0.1, 0.15) is 15.9 Å². The van der Waals surface area contributed by atoms with Crippen molar-refractivity contribution in [3.63, 3.8) is 0 Å².